The molecule has 0 spiro atoms. The summed E-state index contributed by atoms with van der Waals surface area (Å²) in [7, 11) is 0. The fraction of sp³-hybridized carbons (Fsp3) is 0.462. The van der Waals surface area contributed by atoms with Crippen LogP contribution in [-0.4, -0.2) is 29.8 Å². The van der Waals surface area contributed by atoms with Gasteiger partial charge in [-0.05, 0) is 31.9 Å². The van der Waals surface area contributed by atoms with Gasteiger partial charge >= 0.3 is 0 Å². The summed E-state index contributed by atoms with van der Waals surface area (Å²) in [4.78, 5) is 11.9. The molecule has 2 N–H and O–H groups in total. The molecule has 0 aliphatic heterocycles. The molecular formula is C13H17NO3. The summed E-state index contributed by atoms with van der Waals surface area (Å²) in [5.74, 6) is 0.417. The van der Waals surface area contributed by atoms with Crippen LogP contribution in [0.2, 0.25) is 0 Å². The Balaban J connectivity index is 2.05. The minimum absolute atomic E-state index is 0.103. The SMILES string of the molecule is C[C@H](O)COc1ccccc1C(=O)NC1CC1. The second-order valence-corrected chi connectivity index (χ2v) is 4.40. The lowest BCUT2D eigenvalue weighted by Gasteiger charge is -2.12. The number of carbonyl (C=O) groups is 1. The van der Waals surface area contributed by atoms with Crippen LogP contribution in [0.25, 0.3) is 0 Å². The second kappa shape index (κ2) is 5.19. The Morgan fingerprint density at radius 3 is 2.88 bits per heavy atom. The van der Waals surface area contributed by atoms with Crippen LogP contribution in [0.15, 0.2) is 24.3 Å². The van der Waals surface area contributed by atoms with Crippen LogP contribution in [0.3, 0.4) is 0 Å². The normalized spacial score (nSPS) is 16.4. The van der Waals surface area contributed by atoms with E-state index in [1.54, 1.807) is 25.1 Å². The first-order valence-corrected chi connectivity index (χ1v) is 5.87. The third-order valence-electron chi connectivity index (χ3n) is 2.52. The molecule has 1 aliphatic rings. The number of ether oxygens (including phenoxy) is 1. The number of para-hydroxylation sites is 1. The molecule has 1 aromatic carbocycles. The van der Waals surface area contributed by atoms with Crippen molar-refractivity contribution in [3.05, 3.63) is 29.8 Å². The van der Waals surface area contributed by atoms with Crippen molar-refractivity contribution in [1.29, 1.82) is 0 Å². The van der Waals surface area contributed by atoms with Gasteiger partial charge in [-0.15, -0.1) is 0 Å². The van der Waals surface area contributed by atoms with E-state index in [0.717, 1.165) is 12.8 Å². The van der Waals surface area contributed by atoms with Gasteiger partial charge in [0.25, 0.3) is 5.91 Å². The molecule has 2 rings (SSSR count). The highest BCUT2D eigenvalue weighted by atomic mass is 16.5. The van der Waals surface area contributed by atoms with Gasteiger partial charge < -0.3 is 15.2 Å². The molecule has 17 heavy (non-hydrogen) atoms. The first kappa shape index (κ1) is 11.9. The van der Waals surface area contributed by atoms with Gasteiger partial charge in [0.15, 0.2) is 0 Å². The molecule has 0 saturated heterocycles. The van der Waals surface area contributed by atoms with Crippen LogP contribution in [0.1, 0.15) is 30.1 Å². The average molecular weight is 235 g/mol. The zero-order valence-electron chi connectivity index (χ0n) is 9.85. The third-order valence-corrected chi connectivity index (χ3v) is 2.52. The molecule has 1 fully saturated rings. The van der Waals surface area contributed by atoms with Gasteiger partial charge in [0.05, 0.1) is 11.7 Å². The van der Waals surface area contributed by atoms with Crippen molar-refractivity contribution >= 4 is 5.91 Å². The molecule has 0 aromatic heterocycles. The fourth-order valence-corrected chi connectivity index (χ4v) is 1.48. The van der Waals surface area contributed by atoms with Crippen molar-refractivity contribution in [2.45, 2.75) is 31.9 Å². The number of hydrogen-bond donors (Lipinski definition) is 2. The molecule has 1 saturated carbocycles. The minimum Gasteiger partial charge on any atom is -0.490 e. The van der Waals surface area contributed by atoms with Gasteiger partial charge in [-0.2, -0.15) is 0 Å². The van der Waals surface area contributed by atoms with Gasteiger partial charge in [0.2, 0.25) is 0 Å². The van der Waals surface area contributed by atoms with Crippen LogP contribution in [0, 0.1) is 0 Å². The van der Waals surface area contributed by atoms with Gasteiger partial charge in [-0.1, -0.05) is 12.1 Å². The van der Waals surface area contributed by atoms with E-state index in [9.17, 15) is 9.90 Å². The number of carbonyl (C=O) groups excluding carboxylic acids is 1. The number of rotatable bonds is 5. The standard InChI is InChI=1S/C13H17NO3/c1-9(15)8-17-12-5-3-2-4-11(12)13(16)14-10-6-7-10/h2-5,9-10,15H,6-8H2,1H3,(H,14,16)/t9-/m0/s1. The Bertz CT molecular complexity index is 399. The number of nitrogens with one attached hydrogen (secondary N) is 1. The van der Waals surface area contributed by atoms with E-state index in [4.69, 9.17) is 4.74 Å². The lowest BCUT2D eigenvalue weighted by atomic mass is 10.2. The van der Waals surface area contributed by atoms with Crippen molar-refractivity contribution in [3.63, 3.8) is 0 Å². The molecule has 0 unspecified atom stereocenters. The van der Waals surface area contributed by atoms with Gasteiger partial charge in [0.1, 0.15) is 12.4 Å². The van der Waals surface area contributed by atoms with Crippen LogP contribution in [-0.2, 0) is 0 Å². The molecule has 4 heteroatoms. The lowest BCUT2D eigenvalue weighted by Crippen LogP contribution is -2.26. The maximum atomic E-state index is 11.9. The van der Waals surface area contributed by atoms with Crippen LogP contribution in [0.4, 0.5) is 0 Å². The summed E-state index contributed by atoms with van der Waals surface area (Å²) in [6.45, 7) is 1.83. The van der Waals surface area contributed by atoms with E-state index in [2.05, 4.69) is 5.32 Å². The predicted octanol–water partition coefficient (Wildman–Crippen LogP) is 1.34. The molecule has 1 aliphatic carbocycles. The van der Waals surface area contributed by atoms with Crippen molar-refractivity contribution in [2.75, 3.05) is 6.61 Å². The van der Waals surface area contributed by atoms with E-state index >= 15 is 0 Å². The summed E-state index contributed by atoms with van der Waals surface area (Å²) in [6, 6.07) is 7.41. The quantitative estimate of drug-likeness (QED) is 0.809. The molecule has 4 nitrogen and oxygen atoms in total. The molecule has 1 atom stereocenters. The Labute approximate surface area is 101 Å². The first-order chi connectivity index (χ1) is 8.16. The number of amides is 1. The monoisotopic (exact) mass is 235 g/mol. The van der Waals surface area contributed by atoms with Crippen molar-refractivity contribution < 1.29 is 14.6 Å². The van der Waals surface area contributed by atoms with E-state index in [1.807, 2.05) is 6.07 Å². The summed E-state index contributed by atoms with van der Waals surface area (Å²) >= 11 is 0. The molecular weight excluding hydrogens is 218 g/mol. The van der Waals surface area contributed by atoms with E-state index < -0.39 is 6.10 Å². The highest BCUT2D eigenvalue weighted by Gasteiger charge is 2.25. The molecule has 92 valence electrons. The highest BCUT2D eigenvalue weighted by Crippen LogP contribution is 2.22. The topological polar surface area (TPSA) is 58.6 Å². The molecule has 0 bridgehead atoms. The molecule has 0 radical (unpaired) electrons. The lowest BCUT2D eigenvalue weighted by molar-refractivity contribution is 0.0935. The summed E-state index contributed by atoms with van der Waals surface area (Å²) < 4.78 is 5.41. The van der Waals surface area contributed by atoms with Gasteiger partial charge in [0, 0.05) is 6.04 Å². The Morgan fingerprint density at radius 1 is 1.53 bits per heavy atom. The van der Waals surface area contributed by atoms with E-state index in [-0.39, 0.29) is 12.5 Å². The summed E-state index contributed by atoms with van der Waals surface area (Å²) in [6.07, 6.45) is 1.57. The van der Waals surface area contributed by atoms with E-state index in [1.165, 1.54) is 0 Å². The fourth-order valence-electron chi connectivity index (χ4n) is 1.48. The number of aliphatic hydroxyl groups excluding tert-OH is 1. The number of benzene rings is 1. The smallest absolute Gasteiger partial charge is 0.255 e. The molecule has 1 amide bonds. The summed E-state index contributed by atoms with van der Waals surface area (Å²) in [5.41, 5.74) is 0.528. The van der Waals surface area contributed by atoms with Crippen molar-refractivity contribution in [3.8, 4) is 5.75 Å². The molecule has 1 aromatic rings. The number of aliphatic hydroxyl groups is 1. The first-order valence-electron chi connectivity index (χ1n) is 5.87. The number of hydrogen-bond acceptors (Lipinski definition) is 3. The summed E-state index contributed by atoms with van der Waals surface area (Å²) in [5, 5.41) is 12.1. The molecule has 0 heterocycles. The Hall–Kier alpha value is -1.55. The van der Waals surface area contributed by atoms with Crippen LogP contribution in [0.5, 0.6) is 5.75 Å². The highest BCUT2D eigenvalue weighted by molar-refractivity contribution is 5.97. The third kappa shape index (κ3) is 3.46. The predicted molar refractivity (Wildman–Crippen MR) is 64.1 cm³/mol. The minimum atomic E-state index is -0.547. The van der Waals surface area contributed by atoms with Gasteiger partial charge in [-0.3, -0.25) is 4.79 Å². The zero-order valence-corrected chi connectivity index (χ0v) is 9.85. The van der Waals surface area contributed by atoms with Crippen LogP contribution >= 0.6 is 0 Å². The van der Waals surface area contributed by atoms with Crippen molar-refractivity contribution in [2.24, 2.45) is 0 Å². The second-order valence-electron chi connectivity index (χ2n) is 4.40. The Kier molecular flexibility index (Phi) is 3.64. The maximum absolute atomic E-state index is 11.9. The zero-order chi connectivity index (χ0) is 12.3. The van der Waals surface area contributed by atoms with Crippen LogP contribution < -0.4 is 10.1 Å². The van der Waals surface area contributed by atoms with Gasteiger partial charge in [-0.25, -0.2) is 0 Å². The van der Waals surface area contributed by atoms with Crippen molar-refractivity contribution in [1.82, 2.24) is 5.32 Å². The van der Waals surface area contributed by atoms with E-state index in [0.29, 0.717) is 17.4 Å². The largest absolute Gasteiger partial charge is 0.490 e. The Morgan fingerprint density at radius 2 is 2.24 bits per heavy atom. The maximum Gasteiger partial charge on any atom is 0.255 e. The average Bonchev–Trinajstić information content (AvgIpc) is 3.10.